The van der Waals surface area contributed by atoms with Crippen molar-refractivity contribution in [3.63, 3.8) is 0 Å². The fourth-order valence-electron chi connectivity index (χ4n) is 1.23. The molecule has 0 radical (unpaired) electrons. The Hall–Kier alpha value is -1.66. The standard InChI is InChI=1S/C10H14N2O4/c1-7(8(5-13)6-14)4-12-3-2-9(15)11-10(12)16/h2-3,8,13-14H,1,4-6H2,(H,11,15,16). The van der Waals surface area contributed by atoms with Crippen LogP contribution in [0.1, 0.15) is 0 Å². The van der Waals surface area contributed by atoms with Gasteiger partial charge in [-0.25, -0.2) is 4.79 Å². The number of nitrogens with one attached hydrogen (secondary N) is 1. The van der Waals surface area contributed by atoms with Gasteiger partial charge in [0.2, 0.25) is 0 Å². The van der Waals surface area contributed by atoms with E-state index in [0.717, 1.165) is 0 Å². The van der Waals surface area contributed by atoms with Crippen molar-refractivity contribution in [1.29, 1.82) is 0 Å². The fraction of sp³-hybridized carbons (Fsp3) is 0.400. The lowest BCUT2D eigenvalue weighted by Crippen LogP contribution is -2.30. The van der Waals surface area contributed by atoms with E-state index in [2.05, 4.69) is 11.6 Å². The Bertz CT molecular complexity index is 470. The second-order valence-corrected chi connectivity index (χ2v) is 3.46. The summed E-state index contributed by atoms with van der Waals surface area (Å²) < 4.78 is 1.25. The van der Waals surface area contributed by atoms with E-state index in [1.165, 1.54) is 16.8 Å². The first-order valence-electron chi connectivity index (χ1n) is 4.77. The van der Waals surface area contributed by atoms with Crippen molar-refractivity contribution in [2.45, 2.75) is 6.54 Å². The third kappa shape index (κ3) is 2.91. The number of aliphatic hydroxyl groups excluding tert-OH is 2. The normalized spacial score (nSPS) is 10.7. The summed E-state index contributed by atoms with van der Waals surface area (Å²) in [5, 5.41) is 17.8. The molecule has 3 N–H and O–H groups in total. The minimum atomic E-state index is -0.539. The quantitative estimate of drug-likeness (QED) is 0.543. The van der Waals surface area contributed by atoms with Crippen molar-refractivity contribution in [2.24, 2.45) is 5.92 Å². The zero-order valence-corrected chi connectivity index (χ0v) is 8.72. The Kier molecular flexibility index (Phi) is 4.21. The highest BCUT2D eigenvalue weighted by Crippen LogP contribution is 2.08. The molecule has 1 heterocycles. The molecule has 0 aliphatic heterocycles. The molecular weight excluding hydrogens is 212 g/mol. The minimum Gasteiger partial charge on any atom is -0.396 e. The monoisotopic (exact) mass is 226 g/mol. The van der Waals surface area contributed by atoms with Gasteiger partial charge < -0.3 is 10.2 Å². The van der Waals surface area contributed by atoms with Crippen LogP contribution in [0.3, 0.4) is 0 Å². The van der Waals surface area contributed by atoms with Gasteiger partial charge in [-0.05, 0) is 5.57 Å². The molecule has 1 aromatic rings. The van der Waals surface area contributed by atoms with E-state index < -0.39 is 17.2 Å². The summed E-state index contributed by atoms with van der Waals surface area (Å²) in [5.74, 6) is -0.459. The number of aliphatic hydroxyl groups is 2. The molecule has 6 nitrogen and oxygen atoms in total. The first kappa shape index (κ1) is 12.4. The Labute approximate surface area is 91.5 Å². The van der Waals surface area contributed by atoms with Crippen molar-refractivity contribution < 1.29 is 10.2 Å². The molecular formula is C10H14N2O4. The summed E-state index contributed by atoms with van der Waals surface area (Å²) >= 11 is 0. The van der Waals surface area contributed by atoms with Gasteiger partial charge in [-0.15, -0.1) is 0 Å². The van der Waals surface area contributed by atoms with Crippen LogP contribution in [0.15, 0.2) is 34.0 Å². The Morgan fingerprint density at radius 3 is 2.56 bits per heavy atom. The average molecular weight is 226 g/mol. The van der Waals surface area contributed by atoms with Crippen LogP contribution in [0, 0.1) is 5.92 Å². The molecule has 0 fully saturated rings. The number of nitrogens with zero attached hydrogens (tertiary/aromatic N) is 1. The zero-order valence-electron chi connectivity index (χ0n) is 8.72. The van der Waals surface area contributed by atoms with Crippen LogP contribution in [0.5, 0.6) is 0 Å². The van der Waals surface area contributed by atoms with Gasteiger partial charge in [0.15, 0.2) is 0 Å². The first-order valence-corrected chi connectivity index (χ1v) is 4.77. The largest absolute Gasteiger partial charge is 0.396 e. The van der Waals surface area contributed by atoms with Crippen LogP contribution < -0.4 is 11.2 Å². The molecule has 0 saturated carbocycles. The van der Waals surface area contributed by atoms with Crippen molar-refractivity contribution in [3.05, 3.63) is 45.3 Å². The van der Waals surface area contributed by atoms with E-state index in [0.29, 0.717) is 5.57 Å². The Balaban J connectivity index is 2.85. The van der Waals surface area contributed by atoms with Gasteiger partial charge in [0.25, 0.3) is 5.56 Å². The average Bonchev–Trinajstić information content (AvgIpc) is 2.24. The topological polar surface area (TPSA) is 95.3 Å². The molecule has 16 heavy (non-hydrogen) atoms. The predicted molar refractivity (Wildman–Crippen MR) is 58.1 cm³/mol. The van der Waals surface area contributed by atoms with E-state index in [1.54, 1.807) is 0 Å². The summed E-state index contributed by atoms with van der Waals surface area (Å²) in [6.45, 7) is 3.38. The maximum absolute atomic E-state index is 11.3. The molecule has 0 aliphatic carbocycles. The second kappa shape index (κ2) is 5.43. The van der Waals surface area contributed by atoms with Gasteiger partial charge in [0, 0.05) is 24.7 Å². The summed E-state index contributed by atoms with van der Waals surface area (Å²) in [7, 11) is 0. The van der Waals surface area contributed by atoms with Crippen LogP contribution in [-0.4, -0.2) is 33.0 Å². The summed E-state index contributed by atoms with van der Waals surface area (Å²) in [6.07, 6.45) is 1.35. The van der Waals surface area contributed by atoms with Crippen LogP contribution >= 0.6 is 0 Å². The van der Waals surface area contributed by atoms with Crippen LogP contribution in [-0.2, 0) is 6.54 Å². The van der Waals surface area contributed by atoms with Gasteiger partial charge in [-0.1, -0.05) is 6.58 Å². The lowest BCUT2D eigenvalue weighted by molar-refractivity contribution is 0.168. The highest BCUT2D eigenvalue weighted by Gasteiger charge is 2.11. The SMILES string of the molecule is C=C(Cn1ccc(=O)[nH]c1=O)C(CO)CO. The van der Waals surface area contributed by atoms with Crippen molar-refractivity contribution in [2.75, 3.05) is 13.2 Å². The molecule has 0 saturated heterocycles. The van der Waals surface area contributed by atoms with Gasteiger partial charge in [-0.3, -0.25) is 14.3 Å². The number of H-pyrrole nitrogens is 1. The predicted octanol–water partition coefficient (Wildman–Crippen LogP) is -1.31. The summed E-state index contributed by atoms with van der Waals surface area (Å²) in [6, 6.07) is 1.22. The minimum absolute atomic E-state index is 0.154. The smallest absolute Gasteiger partial charge is 0.328 e. The third-order valence-electron chi connectivity index (χ3n) is 2.29. The van der Waals surface area contributed by atoms with E-state index in [-0.39, 0.29) is 19.8 Å². The molecule has 0 aliphatic rings. The van der Waals surface area contributed by atoms with Crippen LogP contribution in [0.2, 0.25) is 0 Å². The van der Waals surface area contributed by atoms with Crippen LogP contribution in [0.4, 0.5) is 0 Å². The zero-order chi connectivity index (χ0) is 12.1. The van der Waals surface area contributed by atoms with E-state index in [9.17, 15) is 9.59 Å². The van der Waals surface area contributed by atoms with Gasteiger partial charge in [-0.2, -0.15) is 0 Å². The summed E-state index contributed by atoms with van der Waals surface area (Å²) in [4.78, 5) is 24.2. The van der Waals surface area contributed by atoms with Gasteiger partial charge in [0.05, 0.1) is 13.2 Å². The summed E-state index contributed by atoms with van der Waals surface area (Å²) in [5.41, 5.74) is -0.477. The number of rotatable bonds is 5. The maximum Gasteiger partial charge on any atom is 0.328 e. The van der Waals surface area contributed by atoms with E-state index in [4.69, 9.17) is 10.2 Å². The number of aromatic nitrogens is 2. The Morgan fingerprint density at radius 2 is 2.06 bits per heavy atom. The third-order valence-corrected chi connectivity index (χ3v) is 2.29. The first-order chi connectivity index (χ1) is 7.58. The molecule has 0 unspecified atom stereocenters. The van der Waals surface area contributed by atoms with Gasteiger partial charge in [0.1, 0.15) is 0 Å². The highest BCUT2D eigenvalue weighted by atomic mass is 16.3. The maximum atomic E-state index is 11.3. The second-order valence-electron chi connectivity index (χ2n) is 3.46. The molecule has 1 aromatic heterocycles. The van der Waals surface area contributed by atoms with E-state index >= 15 is 0 Å². The fourth-order valence-corrected chi connectivity index (χ4v) is 1.23. The molecule has 0 amide bonds. The van der Waals surface area contributed by atoms with E-state index in [1.807, 2.05) is 0 Å². The molecule has 88 valence electrons. The van der Waals surface area contributed by atoms with Crippen molar-refractivity contribution >= 4 is 0 Å². The molecule has 0 spiro atoms. The number of aromatic amines is 1. The van der Waals surface area contributed by atoms with Crippen molar-refractivity contribution in [3.8, 4) is 0 Å². The molecule has 6 heteroatoms. The highest BCUT2D eigenvalue weighted by molar-refractivity contribution is 5.02. The molecule has 0 aromatic carbocycles. The number of hydrogen-bond acceptors (Lipinski definition) is 4. The number of hydrogen-bond donors (Lipinski definition) is 3. The van der Waals surface area contributed by atoms with Crippen molar-refractivity contribution in [1.82, 2.24) is 9.55 Å². The molecule has 0 bridgehead atoms. The van der Waals surface area contributed by atoms with Crippen LogP contribution in [0.25, 0.3) is 0 Å². The van der Waals surface area contributed by atoms with Gasteiger partial charge >= 0.3 is 5.69 Å². The lowest BCUT2D eigenvalue weighted by Gasteiger charge is -2.15. The lowest BCUT2D eigenvalue weighted by atomic mass is 10.0. The molecule has 1 rings (SSSR count). The Morgan fingerprint density at radius 1 is 1.44 bits per heavy atom. The molecule has 0 atom stereocenters.